The summed E-state index contributed by atoms with van der Waals surface area (Å²) in [6.45, 7) is 1.97. The molecule has 2 unspecified atom stereocenters. The van der Waals surface area contributed by atoms with Crippen molar-refractivity contribution in [2.24, 2.45) is 5.73 Å². The van der Waals surface area contributed by atoms with Gasteiger partial charge in [-0.15, -0.1) is 0 Å². The van der Waals surface area contributed by atoms with E-state index in [1.165, 1.54) is 4.90 Å². The van der Waals surface area contributed by atoms with Crippen LogP contribution in [0.5, 0.6) is 0 Å². The first-order valence-electron chi connectivity index (χ1n) is 5.44. The lowest BCUT2D eigenvalue weighted by molar-refractivity contribution is -0.148. The number of aliphatic hydroxyl groups excluding tert-OH is 1. The Balaban J connectivity index is 2.70. The quantitative estimate of drug-likeness (QED) is 0.584. The summed E-state index contributed by atoms with van der Waals surface area (Å²) in [5.41, 5.74) is 5.65. The Morgan fingerprint density at radius 1 is 1.56 bits per heavy atom. The van der Waals surface area contributed by atoms with Crippen LogP contribution in [0.2, 0.25) is 0 Å². The molecule has 0 bridgehead atoms. The SMILES string of the molecule is CCCC(N)C(=O)N1CC(O)C[C@H]1C(=O)O. The van der Waals surface area contributed by atoms with E-state index in [-0.39, 0.29) is 18.9 Å². The van der Waals surface area contributed by atoms with Crippen LogP contribution >= 0.6 is 0 Å². The highest BCUT2D eigenvalue weighted by Gasteiger charge is 2.40. The van der Waals surface area contributed by atoms with Gasteiger partial charge < -0.3 is 20.8 Å². The van der Waals surface area contributed by atoms with E-state index in [4.69, 9.17) is 10.8 Å². The molecule has 0 spiro atoms. The highest BCUT2D eigenvalue weighted by molar-refractivity contribution is 5.87. The molecule has 1 amide bonds. The highest BCUT2D eigenvalue weighted by atomic mass is 16.4. The number of carbonyl (C=O) groups excluding carboxylic acids is 1. The standard InChI is InChI=1S/C10H18N2O4/c1-2-3-7(11)9(14)12-5-6(13)4-8(12)10(15)16/h6-8,13H,2-5,11H2,1H3,(H,15,16)/t6?,7?,8-/m0/s1. The molecular formula is C10H18N2O4. The number of nitrogens with two attached hydrogens (primary N) is 1. The predicted molar refractivity (Wildman–Crippen MR) is 56.6 cm³/mol. The molecule has 92 valence electrons. The minimum Gasteiger partial charge on any atom is -0.480 e. The maximum atomic E-state index is 11.8. The third-order valence-corrected chi connectivity index (χ3v) is 2.76. The smallest absolute Gasteiger partial charge is 0.326 e. The van der Waals surface area contributed by atoms with Crippen LogP contribution < -0.4 is 5.73 Å². The number of hydrogen-bond acceptors (Lipinski definition) is 4. The van der Waals surface area contributed by atoms with Gasteiger partial charge in [0.2, 0.25) is 5.91 Å². The number of rotatable bonds is 4. The van der Waals surface area contributed by atoms with Gasteiger partial charge in [0.05, 0.1) is 12.1 Å². The molecule has 0 aromatic rings. The lowest BCUT2D eigenvalue weighted by Gasteiger charge is -2.24. The summed E-state index contributed by atoms with van der Waals surface area (Å²) in [4.78, 5) is 23.9. The first-order valence-corrected chi connectivity index (χ1v) is 5.44. The minimum atomic E-state index is -1.09. The van der Waals surface area contributed by atoms with Crippen molar-refractivity contribution in [3.8, 4) is 0 Å². The number of β-amino-alcohol motifs (C(OH)–C–C–N with tert-alkyl or cyclic N) is 1. The summed E-state index contributed by atoms with van der Waals surface area (Å²) in [5.74, 6) is -1.47. The molecule has 4 N–H and O–H groups in total. The van der Waals surface area contributed by atoms with E-state index >= 15 is 0 Å². The molecular weight excluding hydrogens is 212 g/mol. The van der Waals surface area contributed by atoms with Crippen LogP contribution in [-0.4, -0.2) is 51.7 Å². The summed E-state index contributed by atoms with van der Waals surface area (Å²) in [7, 11) is 0. The molecule has 6 heteroatoms. The Morgan fingerprint density at radius 3 is 2.69 bits per heavy atom. The fourth-order valence-corrected chi connectivity index (χ4v) is 1.94. The summed E-state index contributed by atoms with van der Waals surface area (Å²) in [5, 5.41) is 18.3. The van der Waals surface area contributed by atoms with Crippen molar-refractivity contribution in [2.45, 2.75) is 44.4 Å². The van der Waals surface area contributed by atoms with E-state index in [1.54, 1.807) is 0 Å². The fraction of sp³-hybridized carbons (Fsp3) is 0.800. The average Bonchev–Trinajstić information content (AvgIpc) is 2.59. The lowest BCUT2D eigenvalue weighted by Crippen LogP contribution is -2.48. The summed E-state index contributed by atoms with van der Waals surface area (Å²) in [6, 6.07) is -1.61. The van der Waals surface area contributed by atoms with E-state index in [2.05, 4.69) is 0 Å². The van der Waals surface area contributed by atoms with Gasteiger partial charge in [-0.1, -0.05) is 13.3 Å². The first kappa shape index (κ1) is 12.9. The molecule has 1 fully saturated rings. The van der Waals surface area contributed by atoms with Crippen molar-refractivity contribution in [1.29, 1.82) is 0 Å². The second kappa shape index (κ2) is 5.27. The van der Waals surface area contributed by atoms with Crippen LogP contribution in [0.1, 0.15) is 26.2 Å². The van der Waals surface area contributed by atoms with Crippen molar-refractivity contribution in [3.05, 3.63) is 0 Å². The third-order valence-electron chi connectivity index (χ3n) is 2.76. The average molecular weight is 230 g/mol. The predicted octanol–water partition coefficient (Wildman–Crippen LogP) is -0.840. The van der Waals surface area contributed by atoms with Gasteiger partial charge in [0, 0.05) is 13.0 Å². The van der Waals surface area contributed by atoms with Gasteiger partial charge >= 0.3 is 5.97 Å². The number of aliphatic hydroxyl groups is 1. The highest BCUT2D eigenvalue weighted by Crippen LogP contribution is 2.19. The molecule has 1 rings (SSSR count). The van der Waals surface area contributed by atoms with Crippen molar-refractivity contribution >= 4 is 11.9 Å². The van der Waals surface area contributed by atoms with E-state index in [0.29, 0.717) is 6.42 Å². The molecule has 1 aliphatic heterocycles. The third kappa shape index (κ3) is 2.70. The number of hydrogen-bond donors (Lipinski definition) is 3. The maximum absolute atomic E-state index is 11.8. The Kier molecular flexibility index (Phi) is 4.26. The first-order chi connectivity index (χ1) is 7.47. The summed E-state index contributed by atoms with van der Waals surface area (Å²) >= 11 is 0. The van der Waals surface area contributed by atoms with Crippen molar-refractivity contribution in [1.82, 2.24) is 4.90 Å². The van der Waals surface area contributed by atoms with Crippen LogP contribution in [-0.2, 0) is 9.59 Å². The number of carboxylic acids is 1. The zero-order chi connectivity index (χ0) is 12.3. The zero-order valence-electron chi connectivity index (χ0n) is 9.30. The van der Waals surface area contributed by atoms with Gasteiger partial charge in [-0.2, -0.15) is 0 Å². The number of carboxylic acid groups (broad SMARTS) is 1. The van der Waals surface area contributed by atoms with Gasteiger partial charge in [0.1, 0.15) is 6.04 Å². The Bertz CT molecular complexity index is 282. The Labute approximate surface area is 94.0 Å². The van der Waals surface area contributed by atoms with Gasteiger partial charge in [-0.3, -0.25) is 4.79 Å². The number of aliphatic carboxylic acids is 1. The molecule has 1 heterocycles. The number of amides is 1. The van der Waals surface area contributed by atoms with E-state index < -0.39 is 24.2 Å². The molecule has 0 radical (unpaired) electrons. The monoisotopic (exact) mass is 230 g/mol. The second-order valence-electron chi connectivity index (χ2n) is 4.13. The molecule has 6 nitrogen and oxygen atoms in total. The topological polar surface area (TPSA) is 104 Å². The molecule has 0 aromatic heterocycles. The van der Waals surface area contributed by atoms with Crippen LogP contribution in [0.3, 0.4) is 0 Å². The summed E-state index contributed by atoms with van der Waals surface area (Å²) < 4.78 is 0. The number of carbonyl (C=O) groups is 2. The van der Waals surface area contributed by atoms with E-state index in [9.17, 15) is 14.7 Å². The van der Waals surface area contributed by atoms with Crippen molar-refractivity contribution in [3.63, 3.8) is 0 Å². The number of likely N-dealkylation sites (tertiary alicyclic amines) is 1. The lowest BCUT2D eigenvalue weighted by atomic mass is 10.1. The minimum absolute atomic E-state index is 0.0627. The van der Waals surface area contributed by atoms with Gasteiger partial charge in [0.25, 0.3) is 0 Å². The molecule has 3 atom stereocenters. The van der Waals surface area contributed by atoms with Crippen molar-refractivity contribution < 1.29 is 19.8 Å². The molecule has 0 aromatic carbocycles. The molecule has 1 saturated heterocycles. The van der Waals surface area contributed by atoms with Gasteiger partial charge in [-0.25, -0.2) is 4.79 Å². The van der Waals surface area contributed by atoms with Crippen LogP contribution in [0.25, 0.3) is 0 Å². The van der Waals surface area contributed by atoms with Crippen LogP contribution in [0.15, 0.2) is 0 Å². The summed E-state index contributed by atoms with van der Waals surface area (Å²) in [6.07, 6.45) is 0.609. The molecule has 16 heavy (non-hydrogen) atoms. The molecule has 0 saturated carbocycles. The zero-order valence-corrected chi connectivity index (χ0v) is 9.30. The maximum Gasteiger partial charge on any atom is 0.326 e. The Morgan fingerprint density at radius 2 is 2.19 bits per heavy atom. The van der Waals surface area contributed by atoms with Gasteiger partial charge in [-0.05, 0) is 6.42 Å². The number of nitrogens with zero attached hydrogens (tertiary/aromatic N) is 1. The fourth-order valence-electron chi connectivity index (χ4n) is 1.94. The molecule has 0 aliphatic carbocycles. The largest absolute Gasteiger partial charge is 0.480 e. The normalized spacial score (nSPS) is 26.8. The molecule has 1 aliphatic rings. The van der Waals surface area contributed by atoms with Crippen molar-refractivity contribution in [2.75, 3.05) is 6.54 Å². The van der Waals surface area contributed by atoms with Gasteiger partial charge in [0.15, 0.2) is 0 Å². The van der Waals surface area contributed by atoms with E-state index in [1.807, 2.05) is 6.92 Å². The second-order valence-corrected chi connectivity index (χ2v) is 4.13. The van der Waals surface area contributed by atoms with Crippen LogP contribution in [0.4, 0.5) is 0 Å². The van der Waals surface area contributed by atoms with E-state index in [0.717, 1.165) is 6.42 Å². The van der Waals surface area contributed by atoms with Crippen LogP contribution in [0, 0.1) is 0 Å². The Hall–Kier alpha value is -1.14.